The first-order valence-corrected chi connectivity index (χ1v) is 11.5. The van der Waals surface area contributed by atoms with E-state index in [4.69, 9.17) is 0 Å². The highest BCUT2D eigenvalue weighted by Gasteiger charge is 2.57. The van der Waals surface area contributed by atoms with Gasteiger partial charge in [-0.2, -0.15) is 0 Å². The Morgan fingerprint density at radius 2 is 1.75 bits per heavy atom. The number of fused-ring (bicyclic) bond motifs is 3. The van der Waals surface area contributed by atoms with Gasteiger partial charge in [-0.25, -0.2) is 0 Å². The molecule has 1 fully saturated rings. The molecule has 1 saturated heterocycles. The summed E-state index contributed by atoms with van der Waals surface area (Å²) in [7, 11) is 0. The fraction of sp³-hybridized carbons (Fsp3) is 0.375. The molecule has 2 aliphatic rings. The molecule has 2 aromatic carbocycles. The van der Waals surface area contributed by atoms with Crippen molar-refractivity contribution in [1.82, 2.24) is 15.5 Å². The number of aliphatic hydroxyl groups excluding tert-OH is 1. The highest BCUT2D eigenvalue weighted by Crippen LogP contribution is 2.56. The molecule has 2 heterocycles. The van der Waals surface area contributed by atoms with Crippen molar-refractivity contribution >= 4 is 29.5 Å². The minimum atomic E-state index is -0.947. The number of hydrogen-bond acceptors (Lipinski definition) is 5. The van der Waals surface area contributed by atoms with Crippen LogP contribution in [0.2, 0.25) is 0 Å². The van der Waals surface area contributed by atoms with E-state index in [0.717, 1.165) is 5.56 Å². The largest absolute Gasteiger partial charge is 0.394 e. The van der Waals surface area contributed by atoms with Crippen molar-refractivity contribution in [3.8, 4) is 0 Å². The molecule has 2 aliphatic heterocycles. The van der Waals surface area contributed by atoms with Gasteiger partial charge in [0.25, 0.3) is 5.91 Å². The molecule has 32 heavy (non-hydrogen) atoms. The molecule has 4 rings (SSSR count). The topological polar surface area (TPSA) is 98.7 Å². The molecule has 8 heteroatoms. The molecule has 0 aromatic heterocycles. The predicted molar refractivity (Wildman–Crippen MR) is 123 cm³/mol. The second-order valence-electron chi connectivity index (χ2n) is 8.72. The average Bonchev–Trinajstić information content (AvgIpc) is 3.21. The van der Waals surface area contributed by atoms with Crippen molar-refractivity contribution in [1.29, 1.82) is 0 Å². The number of amides is 3. The van der Waals surface area contributed by atoms with Crippen LogP contribution in [-0.2, 0) is 9.59 Å². The zero-order chi connectivity index (χ0) is 23.0. The Hall–Kier alpha value is -2.84. The highest BCUT2D eigenvalue weighted by molar-refractivity contribution is 8.01. The van der Waals surface area contributed by atoms with Gasteiger partial charge < -0.3 is 20.6 Å². The van der Waals surface area contributed by atoms with Crippen LogP contribution >= 0.6 is 11.8 Å². The number of rotatable bonds is 6. The van der Waals surface area contributed by atoms with Gasteiger partial charge in [-0.15, -0.1) is 11.8 Å². The van der Waals surface area contributed by atoms with Gasteiger partial charge in [-0.1, -0.05) is 48.5 Å². The van der Waals surface area contributed by atoms with Crippen molar-refractivity contribution in [2.75, 3.05) is 6.61 Å². The van der Waals surface area contributed by atoms with Crippen LogP contribution in [0.5, 0.6) is 0 Å². The number of nitrogens with one attached hydrogen (secondary N) is 2. The number of hydrogen-bond donors (Lipinski definition) is 3. The Kier molecular flexibility index (Phi) is 6.01. The first-order chi connectivity index (χ1) is 15.2. The molecular weight excluding hydrogens is 426 g/mol. The second-order valence-corrected chi connectivity index (χ2v) is 10.5. The quantitative estimate of drug-likeness (QED) is 0.624. The lowest BCUT2D eigenvalue weighted by Crippen LogP contribution is -2.55. The van der Waals surface area contributed by atoms with Crippen LogP contribution in [0, 0.1) is 0 Å². The summed E-state index contributed by atoms with van der Waals surface area (Å²) in [6.07, 6.45) is 0. The third kappa shape index (κ3) is 3.89. The van der Waals surface area contributed by atoms with Crippen LogP contribution in [0.1, 0.15) is 53.7 Å². The Labute approximate surface area is 191 Å². The first kappa shape index (κ1) is 22.4. The van der Waals surface area contributed by atoms with Crippen LogP contribution in [0.3, 0.4) is 0 Å². The van der Waals surface area contributed by atoms with Gasteiger partial charge in [0.15, 0.2) is 0 Å². The smallest absolute Gasteiger partial charge is 0.256 e. The fourth-order valence-corrected chi connectivity index (χ4v) is 5.93. The van der Waals surface area contributed by atoms with E-state index in [2.05, 4.69) is 10.6 Å². The van der Waals surface area contributed by atoms with Crippen LogP contribution in [0.25, 0.3) is 0 Å². The Balaban J connectivity index is 1.63. The summed E-state index contributed by atoms with van der Waals surface area (Å²) in [5.74, 6) is -0.965. The van der Waals surface area contributed by atoms with Crippen molar-refractivity contribution < 1.29 is 19.5 Å². The molecule has 0 aliphatic carbocycles. The molecule has 0 saturated carbocycles. The van der Waals surface area contributed by atoms with Crippen LogP contribution in [0.15, 0.2) is 54.6 Å². The third-order valence-electron chi connectivity index (χ3n) is 5.89. The lowest BCUT2D eigenvalue weighted by atomic mass is 9.99. The maximum Gasteiger partial charge on any atom is 0.256 e. The van der Waals surface area contributed by atoms with E-state index in [0.29, 0.717) is 11.1 Å². The SMILES string of the molecule is C[C@@H](CO)NC(=O)[C@@H](NC(=O)[C@@H]1N2C(=O)c3ccccc3[C@@H]2SC1(C)C)c1ccccc1. The number of benzene rings is 2. The van der Waals surface area contributed by atoms with E-state index in [1.165, 1.54) is 0 Å². The first-order valence-electron chi connectivity index (χ1n) is 10.6. The van der Waals surface area contributed by atoms with Crippen molar-refractivity contribution in [3.05, 3.63) is 71.3 Å². The standard InChI is InChI=1S/C24H27N3O4S/c1-14(13-28)25-20(29)18(15-9-5-4-6-10-15)26-21(30)19-24(2,3)32-23-17-12-8-7-11-16(17)22(31)27(19)23/h4-12,14,18-19,23,28H,13H2,1-3H3,(H,25,29)(H,26,30)/t14-,18-,19-,23-/m0/s1. The van der Waals surface area contributed by atoms with E-state index < -0.39 is 28.8 Å². The summed E-state index contributed by atoms with van der Waals surface area (Å²) in [4.78, 5) is 41.4. The minimum absolute atomic E-state index is 0.168. The average molecular weight is 454 g/mol. The minimum Gasteiger partial charge on any atom is -0.394 e. The highest BCUT2D eigenvalue weighted by atomic mass is 32.2. The molecule has 3 N–H and O–H groups in total. The maximum absolute atomic E-state index is 13.6. The van der Waals surface area contributed by atoms with E-state index in [-0.39, 0.29) is 23.8 Å². The molecule has 7 nitrogen and oxygen atoms in total. The molecule has 0 radical (unpaired) electrons. The Morgan fingerprint density at radius 3 is 2.44 bits per heavy atom. The molecule has 0 bridgehead atoms. The van der Waals surface area contributed by atoms with Gasteiger partial charge in [0, 0.05) is 16.4 Å². The second kappa shape index (κ2) is 8.60. The maximum atomic E-state index is 13.6. The number of carbonyl (C=O) groups excluding carboxylic acids is 3. The Bertz CT molecular complexity index is 1040. The molecule has 2 aromatic rings. The van der Waals surface area contributed by atoms with Crippen LogP contribution < -0.4 is 10.6 Å². The lowest BCUT2D eigenvalue weighted by molar-refractivity contribution is -0.132. The van der Waals surface area contributed by atoms with Crippen molar-refractivity contribution in [3.63, 3.8) is 0 Å². The number of thioether (sulfide) groups is 1. The molecule has 3 amide bonds. The van der Waals surface area contributed by atoms with E-state index >= 15 is 0 Å². The number of carbonyl (C=O) groups is 3. The summed E-state index contributed by atoms with van der Waals surface area (Å²) < 4.78 is -0.548. The zero-order valence-corrected chi connectivity index (χ0v) is 19.1. The summed E-state index contributed by atoms with van der Waals surface area (Å²) in [6.45, 7) is 5.36. The summed E-state index contributed by atoms with van der Waals surface area (Å²) in [5.41, 5.74) is 2.16. The molecule has 168 valence electrons. The fourth-order valence-electron chi connectivity index (χ4n) is 4.34. The summed E-state index contributed by atoms with van der Waals surface area (Å²) in [5, 5.41) is 14.7. The normalized spacial score (nSPS) is 22.6. The molecule has 0 spiro atoms. The molecule has 4 atom stereocenters. The van der Waals surface area contributed by atoms with E-state index in [9.17, 15) is 19.5 Å². The summed E-state index contributed by atoms with van der Waals surface area (Å²) >= 11 is 1.58. The van der Waals surface area contributed by atoms with E-state index in [1.807, 2.05) is 38.1 Å². The van der Waals surface area contributed by atoms with Crippen molar-refractivity contribution in [2.45, 2.75) is 49.0 Å². The molecular formula is C24H27N3O4S. The summed E-state index contributed by atoms with van der Waals surface area (Å²) in [6, 6.07) is 14.2. The number of nitrogens with zero attached hydrogens (tertiary/aromatic N) is 1. The molecule has 0 unspecified atom stereocenters. The van der Waals surface area contributed by atoms with Gasteiger partial charge in [-0.05, 0) is 38.0 Å². The van der Waals surface area contributed by atoms with Crippen LogP contribution in [-0.4, -0.2) is 51.2 Å². The third-order valence-corrected chi connectivity index (χ3v) is 7.42. The van der Waals surface area contributed by atoms with Gasteiger partial charge in [0.2, 0.25) is 11.8 Å². The van der Waals surface area contributed by atoms with Gasteiger partial charge >= 0.3 is 0 Å². The lowest BCUT2D eigenvalue weighted by Gasteiger charge is -2.31. The van der Waals surface area contributed by atoms with Gasteiger partial charge in [0.05, 0.1) is 6.61 Å². The monoisotopic (exact) mass is 453 g/mol. The Morgan fingerprint density at radius 1 is 1.09 bits per heavy atom. The van der Waals surface area contributed by atoms with Gasteiger partial charge in [0.1, 0.15) is 17.5 Å². The van der Waals surface area contributed by atoms with Crippen LogP contribution in [0.4, 0.5) is 0 Å². The van der Waals surface area contributed by atoms with Gasteiger partial charge in [-0.3, -0.25) is 14.4 Å². The van der Waals surface area contributed by atoms with Crippen molar-refractivity contribution in [2.24, 2.45) is 0 Å². The van der Waals surface area contributed by atoms with E-state index in [1.54, 1.807) is 53.9 Å². The zero-order valence-electron chi connectivity index (χ0n) is 18.2. The number of aliphatic hydroxyl groups is 1. The predicted octanol–water partition coefficient (Wildman–Crippen LogP) is 2.39.